The van der Waals surface area contributed by atoms with Crippen LogP contribution in [0.5, 0.6) is 11.5 Å². The molecule has 0 N–H and O–H groups in total. The quantitative estimate of drug-likeness (QED) is 0.602. The summed E-state index contributed by atoms with van der Waals surface area (Å²) in [6.45, 7) is 3.67. The molecule has 112 valence electrons. The smallest absolute Gasteiger partial charge is 0.119 e. The number of hydrogen-bond donors (Lipinski definition) is 0. The van der Waals surface area contributed by atoms with Crippen molar-refractivity contribution in [1.29, 1.82) is 0 Å². The van der Waals surface area contributed by atoms with Gasteiger partial charge in [0.15, 0.2) is 0 Å². The van der Waals surface area contributed by atoms with Crippen molar-refractivity contribution in [3.63, 3.8) is 0 Å². The molecule has 0 bridgehead atoms. The lowest BCUT2D eigenvalue weighted by Crippen LogP contribution is -1.99. The minimum atomic E-state index is 0.794. The molecule has 0 aliphatic heterocycles. The maximum Gasteiger partial charge on any atom is 0.119 e. The van der Waals surface area contributed by atoms with Gasteiger partial charge in [-0.25, -0.2) is 0 Å². The summed E-state index contributed by atoms with van der Waals surface area (Å²) in [6, 6.07) is 18.2. The predicted octanol–water partition coefficient (Wildman–Crippen LogP) is 5.01. The Morgan fingerprint density at radius 3 is 1.71 bits per heavy atom. The van der Waals surface area contributed by atoms with Crippen molar-refractivity contribution in [2.24, 2.45) is 0 Å². The van der Waals surface area contributed by atoms with Gasteiger partial charge in [0.25, 0.3) is 0 Å². The molecule has 0 aliphatic carbocycles. The number of benzene rings is 2. The molecule has 2 aromatic carbocycles. The van der Waals surface area contributed by atoms with Crippen molar-refractivity contribution in [1.82, 2.24) is 0 Å². The molecule has 2 rings (SSSR count). The molecule has 0 heterocycles. The van der Waals surface area contributed by atoms with E-state index < -0.39 is 0 Å². The maximum absolute atomic E-state index is 5.71. The van der Waals surface area contributed by atoms with Gasteiger partial charge >= 0.3 is 0 Å². The van der Waals surface area contributed by atoms with Crippen molar-refractivity contribution in [3.8, 4) is 11.5 Å². The first-order valence-electron chi connectivity index (χ1n) is 7.72. The first kappa shape index (κ1) is 15.4. The molecule has 0 radical (unpaired) electrons. The molecule has 2 aromatic rings. The number of ether oxygens (including phenoxy) is 2. The number of para-hydroxylation sites is 1. The Kier molecular flexibility index (Phi) is 6.66. The zero-order valence-corrected chi connectivity index (χ0v) is 12.8. The fraction of sp³-hybridized carbons (Fsp3) is 0.368. The molecular weight excluding hydrogens is 260 g/mol. The van der Waals surface area contributed by atoms with Gasteiger partial charge in [0.2, 0.25) is 0 Å². The van der Waals surface area contributed by atoms with Gasteiger partial charge in [0, 0.05) is 0 Å². The molecule has 0 atom stereocenters. The van der Waals surface area contributed by atoms with Crippen LogP contribution in [0.2, 0.25) is 0 Å². The fourth-order valence-corrected chi connectivity index (χ4v) is 2.09. The summed E-state index contributed by atoms with van der Waals surface area (Å²) < 4.78 is 11.4. The normalized spacial score (nSPS) is 10.3. The zero-order chi connectivity index (χ0) is 14.8. The molecule has 21 heavy (non-hydrogen) atoms. The second-order valence-electron chi connectivity index (χ2n) is 5.24. The first-order chi connectivity index (χ1) is 10.3. The Bertz CT molecular complexity index is 491. The molecule has 0 saturated carbocycles. The third-order valence-corrected chi connectivity index (χ3v) is 3.34. The summed E-state index contributed by atoms with van der Waals surface area (Å²) in [7, 11) is 0. The van der Waals surface area contributed by atoms with Gasteiger partial charge < -0.3 is 9.47 Å². The van der Waals surface area contributed by atoms with E-state index in [0.717, 1.165) is 37.6 Å². The highest BCUT2D eigenvalue weighted by Crippen LogP contribution is 2.13. The Morgan fingerprint density at radius 1 is 0.619 bits per heavy atom. The van der Waals surface area contributed by atoms with Crippen LogP contribution in [-0.4, -0.2) is 13.2 Å². The van der Waals surface area contributed by atoms with E-state index in [1.54, 1.807) is 0 Å². The molecule has 0 spiro atoms. The van der Waals surface area contributed by atoms with Crippen molar-refractivity contribution >= 4 is 0 Å². The van der Waals surface area contributed by atoms with Gasteiger partial charge in [-0.2, -0.15) is 0 Å². The van der Waals surface area contributed by atoms with Crippen molar-refractivity contribution in [2.75, 3.05) is 13.2 Å². The first-order valence-corrected chi connectivity index (χ1v) is 7.72. The fourth-order valence-electron chi connectivity index (χ4n) is 2.09. The van der Waals surface area contributed by atoms with Gasteiger partial charge in [-0.1, -0.05) is 35.9 Å². The number of aryl methyl sites for hydroxylation is 1. The van der Waals surface area contributed by atoms with Crippen LogP contribution in [0.15, 0.2) is 54.6 Å². The van der Waals surface area contributed by atoms with Crippen LogP contribution in [0, 0.1) is 6.92 Å². The molecule has 2 heteroatoms. The van der Waals surface area contributed by atoms with Crippen molar-refractivity contribution in [3.05, 3.63) is 60.2 Å². The van der Waals surface area contributed by atoms with E-state index in [9.17, 15) is 0 Å². The standard InChI is InChI=1S/C19H24O2/c1-17-11-13-19(14-12-17)21-16-8-3-2-7-15-20-18-9-5-4-6-10-18/h4-6,9-14H,2-3,7-8,15-16H2,1H3. The minimum Gasteiger partial charge on any atom is -0.494 e. The number of unbranched alkanes of at least 4 members (excludes halogenated alkanes) is 3. The molecule has 0 saturated heterocycles. The van der Waals surface area contributed by atoms with E-state index in [1.165, 1.54) is 18.4 Å². The molecule has 0 unspecified atom stereocenters. The van der Waals surface area contributed by atoms with Crippen LogP contribution in [0.4, 0.5) is 0 Å². The second kappa shape index (κ2) is 9.06. The van der Waals surface area contributed by atoms with Crippen LogP contribution in [-0.2, 0) is 0 Å². The van der Waals surface area contributed by atoms with Gasteiger partial charge in [-0.05, 0) is 56.9 Å². The molecular formula is C19H24O2. The average Bonchev–Trinajstić information content (AvgIpc) is 2.53. The summed E-state index contributed by atoms with van der Waals surface area (Å²) in [5.41, 5.74) is 1.26. The lowest BCUT2D eigenvalue weighted by Gasteiger charge is -2.07. The molecule has 0 aliphatic rings. The third kappa shape index (κ3) is 6.35. The molecule has 0 aromatic heterocycles. The average molecular weight is 284 g/mol. The lowest BCUT2D eigenvalue weighted by atomic mass is 10.2. The van der Waals surface area contributed by atoms with E-state index in [4.69, 9.17) is 9.47 Å². The number of hydrogen-bond acceptors (Lipinski definition) is 2. The van der Waals surface area contributed by atoms with Gasteiger partial charge in [0.1, 0.15) is 11.5 Å². The molecule has 2 nitrogen and oxygen atoms in total. The largest absolute Gasteiger partial charge is 0.494 e. The van der Waals surface area contributed by atoms with Gasteiger partial charge in [-0.3, -0.25) is 0 Å². The summed E-state index contributed by atoms with van der Waals surface area (Å²) in [5.74, 6) is 1.92. The van der Waals surface area contributed by atoms with Crippen LogP contribution >= 0.6 is 0 Å². The number of rotatable bonds is 9. The topological polar surface area (TPSA) is 18.5 Å². The lowest BCUT2D eigenvalue weighted by molar-refractivity contribution is 0.287. The molecule has 0 amide bonds. The van der Waals surface area contributed by atoms with E-state index >= 15 is 0 Å². The highest BCUT2D eigenvalue weighted by atomic mass is 16.5. The SMILES string of the molecule is Cc1ccc(OCCCCCCOc2ccccc2)cc1. The van der Waals surface area contributed by atoms with Crippen LogP contribution < -0.4 is 9.47 Å². The van der Waals surface area contributed by atoms with E-state index in [0.29, 0.717) is 0 Å². The Morgan fingerprint density at radius 2 is 1.14 bits per heavy atom. The van der Waals surface area contributed by atoms with E-state index in [1.807, 2.05) is 42.5 Å². The Balaban J connectivity index is 1.46. The highest BCUT2D eigenvalue weighted by Gasteiger charge is 1.95. The summed E-state index contributed by atoms with van der Waals surface area (Å²) in [4.78, 5) is 0. The second-order valence-corrected chi connectivity index (χ2v) is 5.24. The van der Waals surface area contributed by atoms with Gasteiger partial charge in [-0.15, -0.1) is 0 Å². The summed E-state index contributed by atoms with van der Waals surface area (Å²) >= 11 is 0. The van der Waals surface area contributed by atoms with Crippen molar-refractivity contribution in [2.45, 2.75) is 32.6 Å². The molecule has 0 fully saturated rings. The van der Waals surface area contributed by atoms with Crippen LogP contribution in [0.1, 0.15) is 31.2 Å². The maximum atomic E-state index is 5.71. The van der Waals surface area contributed by atoms with Gasteiger partial charge in [0.05, 0.1) is 13.2 Å². The highest BCUT2D eigenvalue weighted by molar-refractivity contribution is 5.26. The Hall–Kier alpha value is -1.96. The van der Waals surface area contributed by atoms with Crippen molar-refractivity contribution < 1.29 is 9.47 Å². The summed E-state index contributed by atoms with van der Waals surface area (Å²) in [5, 5.41) is 0. The monoisotopic (exact) mass is 284 g/mol. The summed E-state index contributed by atoms with van der Waals surface area (Å²) in [6.07, 6.45) is 4.56. The van der Waals surface area contributed by atoms with E-state index in [2.05, 4.69) is 19.1 Å². The Labute approximate surface area is 127 Å². The van der Waals surface area contributed by atoms with E-state index in [-0.39, 0.29) is 0 Å². The predicted molar refractivity (Wildman–Crippen MR) is 87.1 cm³/mol. The zero-order valence-electron chi connectivity index (χ0n) is 12.8. The van der Waals surface area contributed by atoms with Crippen LogP contribution in [0.3, 0.4) is 0 Å². The van der Waals surface area contributed by atoms with Crippen LogP contribution in [0.25, 0.3) is 0 Å². The third-order valence-electron chi connectivity index (χ3n) is 3.34. The minimum absolute atomic E-state index is 0.794.